The number of rotatable bonds is 6. The van der Waals surface area contributed by atoms with E-state index in [0.717, 1.165) is 16.9 Å². The van der Waals surface area contributed by atoms with Crippen molar-refractivity contribution >= 4 is 10.8 Å². The molecular formula is C27H20F6O. The van der Waals surface area contributed by atoms with Gasteiger partial charge in [-0.1, -0.05) is 36.4 Å². The van der Waals surface area contributed by atoms with Gasteiger partial charge in [-0.25, -0.2) is 13.2 Å². The van der Waals surface area contributed by atoms with Gasteiger partial charge in [-0.15, -0.1) is 0 Å². The van der Waals surface area contributed by atoms with Gasteiger partial charge in [0.1, 0.15) is 28.8 Å². The fourth-order valence-electron chi connectivity index (χ4n) is 3.94. The highest BCUT2D eigenvalue weighted by atomic mass is 19.4. The highest BCUT2D eigenvalue weighted by Crippen LogP contribution is 2.34. The van der Waals surface area contributed by atoms with Crippen LogP contribution in [0.15, 0.2) is 66.7 Å². The molecule has 0 atom stereocenters. The second kappa shape index (κ2) is 9.41. The molecule has 0 aromatic heterocycles. The first-order valence-electron chi connectivity index (χ1n) is 10.7. The van der Waals surface area contributed by atoms with Crippen LogP contribution in [0, 0.1) is 17.5 Å². The van der Waals surface area contributed by atoms with Gasteiger partial charge in [0, 0.05) is 5.39 Å². The lowest BCUT2D eigenvalue weighted by Crippen LogP contribution is -2.12. The third-order valence-electron chi connectivity index (χ3n) is 5.60. The number of hydrogen-bond acceptors (Lipinski definition) is 1. The lowest BCUT2D eigenvalue weighted by Gasteiger charge is -2.12. The third kappa shape index (κ3) is 4.88. The molecule has 0 unspecified atom stereocenters. The molecule has 0 saturated carbocycles. The highest BCUT2D eigenvalue weighted by molar-refractivity contribution is 5.88. The Hall–Kier alpha value is -3.48. The highest BCUT2D eigenvalue weighted by Gasteiger charge is 2.37. The molecule has 34 heavy (non-hydrogen) atoms. The maximum Gasteiger partial charge on any atom is 0.422 e. The normalized spacial score (nSPS) is 11.7. The van der Waals surface area contributed by atoms with Gasteiger partial charge >= 0.3 is 6.18 Å². The first kappa shape index (κ1) is 23.7. The molecule has 0 aliphatic rings. The number of aryl methyl sites for hydroxylation is 2. The summed E-state index contributed by atoms with van der Waals surface area (Å²) in [5.74, 6) is -3.06. The maximum atomic E-state index is 15.1. The van der Waals surface area contributed by atoms with E-state index >= 15 is 4.39 Å². The van der Waals surface area contributed by atoms with Crippen molar-refractivity contribution in [2.45, 2.75) is 25.9 Å². The largest absolute Gasteiger partial charge is 0.494 e. The fraction of sp³-hybridized carbons (Fsp3) is 0.185. The number of hydrogen-bond donors (Lipinski definition) is 0. The van der Waals surface area contributed by atoms with Crippen LogP contribution >= 0.6 is 0 Å². The predicted octanol–water partition coefficient (Wildman–Crippen LogP) is 8.13. The molecule has 0 amide bonds. The van der Waals surface area contributed by atoms with E-state index in [1.807, 2.05) is 37.3 Å². The van der Waals surface area contributed by atoms with Crippen LogP contribution in [0.25, 0.3) is 21.9 Å². The van der Waals surface area contributed by atoms with Gasteiger partial charge in [0.05, 0.1) is 6.61 Å². The van der Waals surface area contributed by atoms with Crippen LogP contribution in [0.3, 0.4) is 0 Å². The lowest BCUT2D eigenvalue weighted by molar-refractivity contribution is -0.142. The van der Waals surface area contributed by atoms with Crippen LogP contribution in [-0.2, 0) is 19.0 Å². The van der Waals surface area contributed by atoms with E-state index in [4.69, 9.17) is 4.74 Å². The average molecular weight is 474 g/mol. The molecule has 0 fully saturated rings. The summed E-state index contributed by atoms with van der Waals surface area (Å²) >= 11 is 0. The van der Waals surface area contributed by atoms with Crippen LogP contribution < -0.4 is 4.74 Å². The number of fused-ring (bicyclic) bond motifs is 1. The van der Waals surface area contributed by atoms with Gasteiger partial charge in [-0.05, 0) is 77.7 Å². The minimum Gasteiger partial charge on any atom is -0.494 e. The molecule has 4 rings (SSSR count). The summed E-state index contributed by atoms with van der Waals surface area (Å²) in [5.41, 5.74) is 0.256. The van der Waals surface area contributed by atoms with Crippen LogP contribution in [-0.4, -0.2) is 6.61 Å². The smallest absolute Gasteiger partial charge is 0.422 e. The zero-order chi connectivity index (χ0) is 24.5. The predicted molar refractivity (Wildman–Crippen MR) is 119 cm³/mol. The lowest BCUT2D eigenvalue weighted by atomic mass is 9.97. The molecule has 0 aliphatic heterocycles. The van der Waals surface area contributed by atoms with Crippen molar-refractivity contribution in [1.82, 2.24) is 0 Å². The molecule has 0 N–H and O–H groups in total. The maximum absolute atomic E-state index is 15.1. The van der Waals surface area contributed by atoms with Crippen molar-refractivity contribution in [1.29, 1.82) is 0 Å². The summed E-state index contributed by atoms with van der Waals surface area (Å²) in [6, 6.07) is 17.5. The summed E-state index contributed by atoms with van der Waals surface area (Å²) in [6.45, 7) is 2.47. The van der Waals surface area contributed by atoms with E-state index in [1.165, 1.54) is 0 Å². The Bertz CT molecular complexity index is 1300. The zero-order valence-electron chi connectivity index (χ0n) is 18.1. The van der Waals surface area contributed by atoms with Crippen LogP contribution in [0.1, 0.15) is 23.6 Å². The summed E-state index contributed by atoms with van der Waals surface area (Å²) in [4.78, 5) is 0. The van der Waals surface area contributed by atoms with Crippen LogP contribution in [0.5, 0.6) is 5.75 Å². The van der Waals surface area contributed by atoms with E-state index in [2.05, 4.69) is 0 Å². The van der Waals surface area contributed by atoms with E-state index in [0.29, 0.717) is 35.1 Å². The van der Waals surface area contributed by atoms with E-state index in [1.54, 1.807) is 24.3 Å². The Kier molecular flexibility index (Phi) is 6.55. The minimum atomic E-state index is -5.12. The molecule has 0 bridgehead atoms. The SMILES string of the molecule is CCOc1ccc(-c2ccc3c(F)c(CCc4cc(F)c(C(F)(F)F)c(F)c4)ccc3c2)cc1. The fourth-order valence-corrected chi connectivity index (χ4v) is 3.94. The zero-order valence-corrected chi connectivity index (χ0v) is 18.1. The van der Waals surface area contributed by atoms with E-state index in [-0.39, 0.29) is 18.4 Å². The standard InChI is InChI=1S/C27H20F6O/c1-2-34-21-10-7-17(8-11-21)19-9-12-22-20(15-19)6-5-18(26(22)30)4-3-16-13-23(28)25(24(29)14-16)27(31,32)33/h5-15H,2-4H2,1H3. The molecule has 7 heteroatoms. The van der Waals surface area contributed by atoms with Gasteiger partial charge in [-0.3, -0.25) is 0 Å². The van der Waals surface area contributed by atoms with Crippen molar-refractivity contribution in [2.75, 3.05) is 6.61 Å². The van der Waals surface area contributed by atoms with Crippen molar-refractivity contribution in [3.63, 3.8) is 0 Å². The summed E-state index contributed by atoms with van der Waals surface area (Å²) in [5, 5.41) is 1.07. The Labute approximate surface area is 192 Å². The first-order chi connectivity index (χ1) is 16.2. The van der Waals surface area contributed by atoms with E-state index in [9.17, 15) is 22.0 Å². The molecule has 0 aliphatic carbocycles. The monoisotopic (exact) mass is 474 g/mol. The van der Waals surface area contributed by atoms with Crippen molar-refractivity contribution in [3.8, 4) is 16.9 Å². The van der Waals surface area contributed by atoms with Crippen LogP contribution in [0.2, 0.25) is 0 Å². The topological polar surface area (TPSA) is 9.23 Å². The molecule has 0 saturated heterocycles. The molecule has 4 aromatic rings. The van der Waals surface area contributed by atoms with Gasteiger partial charge < -0.3 is 4.74 Å². The van der Waals surface area contributed by atoms with Crippen molar-refractivity contribution in [3.05, 3.63) is 101 Å². The number of benzene rings is 4. The van der Waals surface area contributed by atoms with Gasteiger partial charge in [0.15, 0.2) is 0 Å². The molecule has 0 heterocycles. The molecule has 0 radical (unpaired) electrons. The number of alkyl halides is 3. The number of halogens is 6. The second-order valence-corrected chi connectivity index (χ2v) is 7.86. The Balaban J connectivity index is 1.55. The second-order valence-electron chi connectivity index (χ2n) is 7.86. The first-order valence-corrected chi connectivity index (χ1v) is 10.7. The van der Waals surface area contributed by atoms with Crippen molar-refractivity contribution < 1.29 is 31.1 Å². The molecule has 176 valence electrons. The van der Waals surface area contributed by atoms with Gasteiger partial charge in [0.25, 0.3) is 0 Å². The Morgan fingerprint density at radius 1 is 0.735 bits per heavy atom. The quantitative estimate of drug-likeness (QED) is 0.256. The van der Waals surface area contributed by atoms with Crippen LogP contribution in [0.4, 0.5) is 26.3 Å². The molecular weight excluding hydrogens is 454 g/mol. The number of ether oxygens (including phenoxy) is 1. The average Bonchev–Trinajstić information content (AvgIpc) is 2.78. The molecule has 4 aromatic carbocycles. The summed E-state index contributed by atoms with van der Waals surface area (Å²) in [7, 11) is 0. The third-order valence-corrected chi connectivity index (χ3v) is 5.60. The van der Waals surface area contributed by atoms with Gasteiger partial charge in [-0.2, -0.15) is 13.2 Å². The Morgan fingerprint density at radius 3 is 2.00 bits per heavy atom. The molecule has 1 nitrogen and oxygen atoms in total. The minimum absolute atomic E-state index is 0.0152. The summed E-state index contributed by atoms with van der Waals surface area (Å²) in [6.07, 6.45) is -5.06. The van der Waals surface area contributed by atoms with Crippen molar-refractivity contribution in [2.24, 2.45) is 0 Å². The Morgan fingerprint density at radius 2 is 1.38 bits per heavy atom. The molecule has 0 spiro atoms. The van der Waals surface area contributed by atoms with E-state index < -0.39 is 29.2 Å². The van der Waals surface area contributed by atoms with Gasteiger partial charge in [0.2, 0.25) is 0 Å². The summed E-state index contributed by atoms with van der Waals surface area (Å²) < 4.78 is 86.4.